The Bertz CT molecular complexity index is 651. The first-order chi connectivity index (χ1) is 10.1. The molecule has 0 aromatic heterocycles. The molecule has 0 unspecified atom stereocenters. The van der Waals surface area contributed by atoms with Crippen LogP contribution in [0.4, 0.5) is 0 Å². The van der Waals surface area contributed by atoms with Gasteiger partial charge in [0.05, 0.1) is 5.56 Å². The number of carboxylic acid groups (broad SMARTS) is 1. The molecule has 0 aliphatic rings. The highest BCUT2D eigenvalue weighted by atomic mass is 16.4. The molecule has 0 spiro atoms. The van der Waals surface area contributed by atoms with E-state index in [1.54, 1.807) is 30.3 Å². The van der Waals surface area contributed by atoms with Gasteiger partial charge in [-0.3, -0.25) is 4.79 Å². The van der Waals surface area contributed by atoms with Crippen molar-refractivity contribution in [2.45, 2.75) is 13.1 Å². The van der Waals surface area contributed by atoms with Crippen molar-refractivity contribution >= 4 is 11.9 Å². The summed E-state index contributed by atoms with van der Waals surface area (Å²) in [6, 6.07) is 13.5. The van der Waals surface area contributed by atoms with Gasteiger partial charge in [-0.2, -0.15) is 0 Å². The van der Waals surface area contributed by atoms with Gasteiger partial charge in [0.1, 0.15) is 0 Å². The minimum Gasteiger partial charge on any atom is -0.478 e. The summed E-state index contributed by atoms with van der Waals surface area (Å²) in [5, 5.41) is 11.6. The van der Waals surface area contributed by atoms with Gasteiger partial charge in [-0.05, 0) is 35.4 Å². The van der Waals surface area contributed by atoms with Crippen LogP contribution in [0.15, 0.2) is 48.5 Å². The molecule has 0 bridgehead atoms. The van der Waals surface area contributed by atoms with E-state index in [9.17, 15) is 9.59 Å². The topological polar surface area (TPSA) is 92.4 Å². The van der Waals surface area contributed by atoms with Gasteiger partial charge in [0, 0.05) is 18.7 Å². The number of benzene rings is 2. The fourth-order valence-electron chi connectivity index (χ4n) is 1.89. The molecule has 0 atom stereocenters. The fraction of sp³-hybridized carbons (Fsp3) is 0.125. The van der Waals surface area contributed by atoms with Crippen molar-refractivity contribution in [3.8, 4) is 0 Å². The predicted molar refractivity (Wildman–Crippen MR) is 78.9 cm³/mol. The van der Waals surface area contributed by atoms with Crippen molar-refractivity contribution in [3.63, 3.8) is 0 Å². The third-order valence-corrected chi connectivity index (χ3v) is 3.08. The van der Waals surface area contributed by atoms with Gasteiger partial charge in [-0.25, -0.2) is 4.79 Å². The maximum atomic E-state index is 12.0. The first-order valence-electron chi connectivity index (χ1n) is 6.49. The molecule has 0 saturated carbocycles. The lowest BCUT2D eigenvalue weighted by Gasteiger charge is -2.07. The quantitative estimate of drug-likeness (QED) is 0.780. The Labute approximate surface area is 122 Å². The second-order valence-electron chi connectivity index (χ2n) is 4.59. The summed E-state index contributed by atoms with van der Waals surface area (Å²) in [7, 11) is 0. The third kappa shape index (κ3) is 3.90. The maximum Gasteiger partial charge on any atom is 0.335 e. The highest BCUT2D eigenvalue weighted by Gasteiger charge is 2.06. The lowest BCUT2D eigenvalue weighted by molar-refractivity contribution is 0.0696. The standard InChI is InChI=1S/C16H16N2O3/c17-9-12-2-1-3-14(8-12)15(19)18-10-11-4-6-13(7-5-11)16(20)21/h1-8H,9-10,17H2,(H,18,19)(H,20,21). The number of rotatable bonds is 5. The molecule has 0 aliphatic heterocycles. The van der Waals surface area contributed by atoms with Gasteiger partial charge >= 0.3 is 5.97 Å². The molecule has 4 N–H and O–H groups in total. The summed E-state index contributed by atoms with van der Waals surface area (Å²) in [4.78, 5) is 22.8. The zero-order valence-electron chi connectivity index (χ0n) is 11.4. The SMILES string of the molecule is NCc1cccc(C(=O)NCc2ccc(C(=O)O)cc2)c1. The summed E-state index contributed by atoms with van der Waals surface area (Å²) in [5.74, 6) is -1.16. The number of nitrogens with one attached hydrogen (secondary N) is 1. The molecule has 2 aromatic carbocycles. The monoisotopic (exact) mass is 284 g/mol. The van der Waals surface area contributed by atoms with E-state index >= 15 is 0 Å². The lowest BCUT2D eigenvalue weighted by Crippen LogP contribution is -2.23. The number of carbonyl (C=O) groups is 2. The Kier molecular flexibility index (Phi) is 4.68. The Morgan fingerprint density at radius 2 is 1.71 bits per heavy atom. The van der Waals surface area contributed by atoms with E-state index in [2.05, 4.69) is 5.32 Å². The molecular weight excluding hydrogens is 268 g/mol. The highest BCUT2D eigenvalue weighted by Crippen LogP contribution is 2.07. The molecule has 0 saturated heterocycles. The summed E-state index contributed by atoms with van der Waals surface area (Å²) in [6.07, 6.45) is 0. The van der Waals surface area contributed by atoms with Crippen LogP contribution in [-0.2, 0) is 13.1 Å². The van der Waals surface area contributed by atoms with Crippen molar-refractivity contribution in [3.05, 3.63) is 70.8 Å². The van der Waals surface area contributed by atoms with Crippen LogP contribution in [-0.4, -0.2) is 17.0 Å². The van der Waals surface area contributed by atoms with E-state index in [4.69, 9.17) is 10.8 Å². The van der Waals surface area contributed by atoms with Gasteiger partial charge in [-0.1, -0.05) is 24.3 Å². The van der Waals surface area contributed by atoms with Crippen LogP contribution in [0.25, 0.3) is 0 Å². The van der Waals surface area contributed by atoms with Crippen LogP contribution in [0.2, 0.25) is 0 Å². The Hall–Kier alpha value is -2.66. The zero-order chi connectivity index (χ0) is 15.2. The van der Waals surface area contributed by atoms with Crippen LogP contribution in [0.3, 0.4) is 0 Å². The molecule has 0 fully saturated rings. The molecule has 21 heavy (non-hydrogen) atoms. The molecule has 0 radical (unpaired) electrons. The number of hydrogen-bond acceptors (Lipinski definition) is 3. The van der Waals surface area contributed by atoms with E-state index in [0.717, 1.165) is 11.1 Å². The van der Waals surface area contributed by atoms with Crippen LogP contribution in [0, 0.1) is 0 Å². The van der Waals surface area contributed by atoms with Gasteiger partial charge in [0.2, 0.25) is 0 Å². The van der Waals surface area contributed by atoms with Crippen LogP contribution >= 0.6 is 0 Å². The third-order valence-electron chi connectivity index (χ3n) is 3.08. The van der Waals surface area contributed by atoms with E-state index in [0.29, 0.717) is 18.7 Å². The summed E-state index contributed by atoms with van der Waals surface area (Å²) in [6.45, 7) is 0.726. The molecule has 1 amide bonds. The van der Waals surface area contributed by atoms with Crippen molar-refractivity contribution in [2.75, 3.05) is 0 Å². The Morgan fingerprint density at radius 3 is 2.33 bits per heavy atom. The van der Waals surface area contributed by atoms with Gasteiger partial charge in [-0.15, -0.1) is 0 Å². The Balaban J connectivity index is 1.98. The average Bonchev–Trinajstić information content (AvgIpc) is 2.53. The number of aromatic carboxylic acids is 1. The molecule has 5 heteroatoms. The van der Waals surface area contributed by atoms with Crippen LogP contribution in [0.1, 0.15) is 31.8 Å². The Morgan fingerprint density at radius 1 is 1.00 bits per heavy atom. The first-order valence-corrected chi connectivity index (χ1v) is 6.49. The minimum atomic E-state index is -0.968. The van der Waals surface area contributed by atoms with Gasteiger partial charge < -0.3 is 16.2 Å². The minimum absolute atomic E-state index is 0.187. The second kappa shape index (κ2) is 6.67. The number of hydrogen-bond donors (Lipinski definition) is 3. The highest BCUT2D eigenvalue weighted by molar-refractivity contribution is 5.94. The van der Waals surface area contributed by atoms with E-state index in [-0.39, 0.29) is 11.5 Å². The average molecular weight is 284 g/mol. The zero-order valence-corrected chi connectivity index (χ0v) is 11.4. The van der Waals surface area contributed by atoms with Gasteiger partial charge in [0.25, 0.3) is 5.91 Å². The maximum absolute atomic E-state index is 12.0. The molecule has 0 aliphatic carbocycles. The number of carboxylic acids is 1. The van der Waals surface area contributed by atoms with Crippen molar-refractivity contribution in [1.82, 2.24) is 5.32 Å². The normalized spacial score (nSPS) is 10.1. The number of amides is 1. The smallest absolute Gasteiger partial charge is 0.335 e. The van der Waals surface area contributed by atoms with Crippen LogP contribution < -0.4 is 11.1 Å². The predicted octanol–water partition coefficient (Wildman–Crippen LogP) is 1.77. The van der Waals surface area contributed by atoms with Crippen LogP contribution in [0.5, 0.6) is 0 Å². The summed E-state index contributed by atoms with van der Waals surface area (Å²) in [5.41, 5.74) is 8.05. The van der Waals surface area contributed by atoms with E-state index < -0.39 is 5.97 Å². The van der Waals surface area contributed by atoms with Crippen molar-refractivity contribution in [2.24, 2.45) is 5.73 Å². The van der Waals surface area contributed by atoms with Gasteiger partial charge in [0.15, 0.2) is 0 Å². The second-order valence-corrected chi connectivity index (χ2v) is 4.59. The first kappa shape index (κ1) is 14.7. The van der Waals surface area contributed by atoms with Crippen molar-refractivity contribution < 1.29 is 14.7 Å². The van der Waals surface area contributed by atoms with E-state index in [1.165, 1.54) is 12.1 Å². The largest absolute Gasteiger partial charge is 0.478 e. The summed E-state index contributed by atoms with van der Waals surface area (Å²) >= 11 is 0. The number of nitrogens with two attached hydrogens (primary N) is 1. The fourth-order valence-corrected chi connectivity index (χ4v) is 1.89. The lowest BCUT2D eigenvalue weighted by atomic mass is 10.1. The molecule has 108 valence electrons. The van der Waals surface area contributed by atoms with E-state index in [1.807, 2.05) is 6.07 Å². The molecular formula is C16H16N2O3. The molecule has 2 aromatic rings. The number of carbonyl (C=O) groups excluding carboxylic acids is 1. The molecule has 2 rings (SSSR count). The van der Waals surface area contributed by atoms with Crippen molar-refractivity contribution in [1.29, 1.82) is 0 Å². The molecule has 0 heterocycles. The summed E-state index contributed by atoms with van der Waals surface area (Å²) < 4.78 is 0. The molecule has 5 nitrogen and oxygen atoms in total.